The van der Waals surface area contributed by atoms with Gasteiger partial charge in [-0.25, -0.2) is 9.82 Å². The molecule has 168 valence electrons. The van der Waals surface area contributed by atoms with Crippen LogP contribution in [0.5, 0.6) is 5.75 Å². The highest BCUT2D eigenvalue weighted by Gasteiger charge is 2.25. The lowest BCUT2D eigenvalue weighted by molar-refractivity contribution is -0.123. The summed E-state index contributed by atoms with van der Waals surface area (Å²) >= 11 is 0. The molecule has 0 saturated carbocycles. The summed E-state index contributed by atoms with van der Waals surface area (Å²) in [5, 5.41) is 8.50. The Balaban J connectivity index is 1.79. The van der Waals surface area contributed by atoms with E-state index in [4.69, 9.17) is 11.2 Å². The lowest BCUT2D eigenvalue weighted by atomic mass is 10.0. The first kappa shape index (κ1) is 23.5. The fourth-order valence-corrected chi connectivity index (χ4v) is 3.28. The molecule has 3 aromatic rings. The maximum Gasteiger partial charge on any atom is 0.262 e. The molecule has 0 spiro atoms. The standard InChI is InChI=1S/C26H24FN3O3/c1-4-15-33-23-14-13-18-9-5-6-10-19(18)21(23)16-28-30-26(32)24(17(2)3)29-25(31)20-11-7-8-12-22(20)27/h1,5-14,16-17,24H,15H2,2-3H3,(H,29,31)(H,30,32)/b28-16+. The van der Waals surface area contributed by atoms with Gasteiger partial charge in [0.05, 0.1) is 11.8 Å². The van der Waals surface area contributed by atoms with Crippen molar-refractivity contribution >= 4 is 28.8 Å². The number of rotatable bonds is 8. The number of hydrogen-bond donors (Lipinski definition) is 2. The van der Waals surface area contributed by atoms with Gasteiger partial charge in [-0.1, -0.05) is 62.2 Å². The molecule has 0 aliphatic heterocycles. The Morgan fingerprint density at radius 2 is 1.85 bits per heavy atom. The Bertz CT molecular complexity index is 1230. The number of carbonyl (C=O) groups is 2. The first-order chi connectivity index (χ1) is 15.9. The molecule has 0 saturated heterocycles. The zero-order valence-electron chi connectivity index (χ0n) is 18.3. The van der Waals surface area contributed by atoms with Crippen LogP contribution in [0.4, 0.5) is 4.39 Å². The maximum atomic E-state index is 13.9. The molecule has 2 amide bonds. The van der Waals surface area contributed by atoms with E-state index in [0.29, 0.717) is 11.3 Å². The van der Waals surface area contributed by atoms with Gasteiger partial charge in [0.2, 0.25) is 0 Å². The smallest absolute Gasteiger partial charge is 0.262 e. The molecule has 2 N–H and O–H groups in total. The molecule has 0 radical (unpaired) electrons. The Morgan fingerprint density at radius 3 is 2.58 bits per heavy atom. The second-order valence-corrected chi connectivity index (χ2v) is 7.60. The molecule has 33 heavy (non-hydrogen) atoms. The van der Waals surface area contributed by atoms with E-state index in [-0.39, 0.29) is 18.1 Å². The van der Waals surface area contributed by atoms with Crippen molar-refractivity contribution in [3.05, 3.63) is 77.6 Å². The van der Waals surface area contributed by atoms with Crippen LogP contribution in [-0.2, 0) is 4.79 Å². The molecule has 1 atom stereocenters. The molecule has 6 nitrogen and oxygen atoms in total. The summed E-state index contributed by atoms with van der Waals surface area (Å²) in [6.45, 7) is 3.63. The van der Waals surface area contributed by atoms with E-state index in [1.54, 1.807) is 26.0 Å². The first-order valence-corrected chi connectivity index (χ1v) is 10.4. The van der Waals surface area contributed by atoms with Crippen LogP contribution in [0.1, 0.15) is 29.8 Å². The van der Waals surface area contributed by atoms with Crippen LogP contribution in [0.15, 0.2) is 65.8 Å². The van der Waals surface area contributed by atoms with Crippen molar-refractivity contribution in [1.82, 2.24) is 10.7 Å². The Kier molecular flexibility index (Phi) is 7.77. The van der Waals surface area contributed by atoms with Crippen molar-refractivity contribution < 1.29 is 18.7 Å². The zero-order valence-corrected chi connectivity index (χ0v) is 18.3. The minimum Gasteiger partial charge on any atom is -0.480 e. The molecule has 3 rings (SSSR count). The van der Waals surface area contributed by atoms with E-state index in [0.717, 1.165) is 10.8 Å². The van der Waals surface area contributed by atoms with Crippen LogP contribution in [0, 0.1) is 24.1 Å². The summed E-state index contributed by atoms with van der Waals surface area (Å²) in [5.74, 6) is 0.823. The highest BCUT2D eigenvalue weighted by atomic mass is 19.1. The molecule has 7 heteroatoms. The molecule has 3 aromatic carbocycles. The molecule has 0 aromatic heterocycles. The van der Waals surface area contributed by atoms with Crippen molar-refractivity contribution in [1.29, 1.82) is 0 Å². The van der Waals surface area contributed by atoms with Gasteiger partial charge in [-0.15, -0.1) is 6.42 Å². The average molecular weight is 445 g/mol. The number of carbonyl (C=O) groups excluding carboxylic acids is 2. The third-order valence-electron chi connectivity index (χ3n) is 4.96. The number of amides is 2. The van der Waals surface area contributed by atoms with Gasteiger partial charge in [0.15, 0.2) is 0 Å². The Labute approximate surface area is 191 Å². The number of benzene rings is 3. The number of halogens is 1. The van der Waals surface area contributed by atoms with Crippen LogP contribution in [-0.4, -0.2) is 30.7 Å². The van der Waals surface area contributed by atoms with Crippen molar-refractivity contribution in [3.8, 4) is 18.1 Å². The van der Waals surface area contributed by atoms with Crippen LogP contribution in [0.25, 0.3) is 10.8 Å². The van der Waals surface area contributed by atoms with Gasteiger partial charge < -0.3 is 10.1 Å². The average Bonchev–Trinajstić information content (AvgIpc) is 2.81. The molecule has 0 aliphatic rings. The third kappa shape index (κ3) is 5.74. The Morgan fingerprint density at radius 1 is 1.12 bits per heavy atom. The number of fused-ring (bicyclic) bond motifs is 1. The summed E-state index contributed by atoms with van der Waals surface area (Å²) in [5.41, 5.74) is 2.98. The number of hydrogen-bond acceptors (Lipinski definition) is 4. The van der Waals surface area contributed by atoms with Crippen molar-refractivity contribution in [2.75, 3.05) is 6.61 Å². The Hall–Kier alpha value is -4.18. The number of ether oxygens (including phenoxy) is 1. The second-order valence-electron chi connectivity index (χ2n) is 7.60. The minimum atomic E-state index is -0.918. The molecule has 0 heterocycles. The molecular weight excluding hydrogens is 421 g/mol. The highest BCUT2D eigenvalue weighted by molar-refractivity contribution is 6.03. The largest absolute Gasteiger partial charge is 0.480 e. The van der Waals surface area contributed by atoms with Gasteiger partial charge in [0.1, 0.15) is 24.2 Å². The minimum absolute atomic E-state index is 0.0863. The van der Waals surface area contributed by atoms with E-state index in [1.807, 2.05) is 30.3 Å². The van der Waals surface area contributed by atoms with Gasteiger partial charge in [-0.3, -0.25) is 9.59 Å². The van der Waals surface area contributed by atoms with Gasteiger partial charge in [0.25, 0.3) is 11.8 Å². The van der Waals surface area contributed by atoms with Crippen LogP contribution >= 0.6 is 0 Å². The molecule has 1 unspecified atom stereocenters. The normalized spacial score (nSPS) is 11.8. The van der Waals surface area contributed by atoms with E-state index in [1.165, 1.54) is 24.4 Å². The summed E-state index contributed by atoms with van der Waals surface area (Å²) < 4.78 is 19.5. The van der Waals surface area contributed by atoms with Crippen molar-refractivity contribution in [2.45, 2.75) is 19.9 Å². The van der Waals surface area contributed by atoms with Crippen LogP contribution in [0.2, 0.25) is 0 Å². The fourth-order valence-electron chi connectivity index (χ4n) is 3.28. The lowest BCUT2D eigenvalue weighted by Crippen LogP contribution is -2.48. The SMILES string of the molecule is C#CCOc1ccc2ccccc2c1/C=N/NC(=O)C(NC(=O)c1ccccc1F)C(C)C. The first-order valence-electron chi connectivity index (χ1n) is 10.4. The van der Waals surface area contributed by atoms with Gasteiger partial charge in [0, 0.05) is 5.56 Å². The zero-order chi connectivity index (χ0) is 23.8. The predicted octanol–water partition coefficient (Wildman–Crippen LogP) is 3.90. The second kappa shape index (κ2) is 10.9. The lowest BCUT2D eigenvalue weighted by Gasteiger charge is -2.20. The van der Waals surface area contributed by atoms with E-state index in [2.05, 4.69) is 21.8 Å². The quantitative estimate of drug-likeness (QED) is 0.314. The third-order valence-corrected chi connectivity index (χ3v) is 4.96. The maximum absolute atomic E-state index is 13.9. The monoisotopic (exact) mass is 445 g/mol. The fraction of sp³-hybridized carbons (Fsp3) is 0.192. The van der Waals surface area contributed by atoms with Gasteiger partial charge >= 0.3 is 0 Å². The van der Waals surface area contributed by atoms with Crippen molar-refractivity contribution in [3.63, 3.8) is 0 Å². The molecule has 0 bridgehead atoms. The number of hydrazone groups is 1. The van der Waals surface area contributed by atoms with Crippen molar-refractivity contribution in [2.24, 2.45) is 11.0 Å². The molecule has 0 fully saturated rings. The summed E-state index contributed by atoms with van der Waals surface area (Å²) in [6.07, 6.45) is 6.78. The number of nitrogens with one attached hydrogen (secondary N) is 2. The molecule has 0 aliphatic carbocycles. The van der Waals surface area contributed by atoms with E-state index < -0.39 is 23.7 Å². The van der Waals surface area contributed by atoms with E-state index >= 15 is 0 Å². The summed E-state index contributed by atoms with van der Waals surface area (Å²) in [6, 6.07) is 16.0. The summed E-state index contributed by atoms with van der Waals surface area (Å²) in [7, 11) is 0. The highest BCUT2D eigenvalue weighted by Crippen LogP contribution is 2.26. The number of nitrogens with zero attached hydrogens (tertiary/aromatic N) is 1. The topological polar surface area (TPSA) is 79.8 Å². The van der Waals surface area contributed by atoms with Crippen LogP contribution < -0.4 is 15.5 Å². The van der Waals surface area contributed by atoms with Crippen LogP contribution in [0.3, 0.4) is 0 Å². The van der Waals surface area contributed by atoms with Gasteiger partial charge in [-0.05, 0) is 34.9 Å². The molecular formula is C26H24FN3O3. The van der Waals surface area contributed by atoms with E-state index in [9.17, 15) is 14.0 Å². The van der Waals surface area contributed by atoms with Gasteiger partial charge in [-0.2, -0.15) is 5.10 Å². The predicted molar refractivity (Wildman–Crippen MR) is 127 cm³/mol. The number of terminal acetylenes is 1. The summed E-state index contributed by atoms with van der Waals surface area (Å²) in [4.78, 5) is 25.2.